The SMILES string of the molecule is O=S(c1ccccc1)C1(O)O[C@H](CO)[C@H](O)[C@H](O)[C@H]1O. The highest BCUT2D eigenvalue weighted by Crippen LogP contribution is 2.33. The maximum Gasteiger partial charge on any atom is 0.279 e. The Hall–Kier alpha value is -0.870. The van der Waals surface area contributed by atoms with E-state index in [0.717, 1.165) is 0 Å². The molecule has 0 bridgehead atoms. The van der Waals surface area contributed by atoms with Crippen LogP contribution in [0.15, 0.2) is 35.2 Å². The predicted molar refractivity (Wildman–Crippen MR) is 67.8 cm³/mol. The topological polar surface area (TPSA) is 127 Å². The Labute approximate surface area is 117 Å². The number of aliphatic hydroxyl groups excluding tert-OH is 4. The van der Waals surface area contributed by atoms with Crippen molar-refractivity contribution in [3.05, 3.63) is 30.3 Å². The zero-order valence-corrected chi connectivity index (χ0v) is 11.2. The molecule has 8 heteroatoms. The highest BCUT2D eigenvalue weighted by atomic mass is 32.2. The Morgan fingerprint density at radius 2 is 1.75 bits per heavy atom. The number of rotatable bonds is 3. The van der Waals surface area contributed by atoms with E-state index < -0.39 is 46.9 Å². The van der Waals surface area contributed by atoms with Gasteiger partial charge in [0.2, 0.25) is 0 Å². The summed E-state index contributed by atoms with van der Waals surface area (Å²) in [5.41, 5.74) is 0. The van der Waals surface area contributed by atoms with E-state index in [0.29, 0.717) is 0 Å². The molecule has 0 aliphatic carbocycles. The van der Waals surface area contributed by atoms with Gasteiger partial charge in [0.1, 0.15) is 35.2 Å². The van der Waals surface area contributed by atoms with Crippen molar-refractivity contribution in [3.8, 4) is 0 Å². The molecule has 1 aromatic carbocycles. The predicted octanol–water partition coefficient (Wildman–Crippen LogP) is -2.09. The van der Waals surface area contributed by atoms with E-state index in [1.54, 1.807) is 18.2 Å². The first-order chi connectivity index (χ1) is 9.41. The van der Waals surface area contributed by atoms with Crippen LogP contribution in [0.25, 0.3) is 0 Å². The van der Waals surface area contributed by atoms with Crippen LogP contribution >= 0.6 is 0 Å². The fourth-order valence-electron chi connectivity index (χ4n) is 1.99. The third kappa shape index (κ3) is 2.51. The standard InChI is InChI=1S/C12H16O7S/c13-6-8-9(14)10(15)11(16)12(17,19-8)20(18)7-4-2-1-3-5-7/h1-5,8-11,13-17H,6H2/t8-,9+,10+,11-,12?,20?/m1/s1. The summed E-state index contributed by atoms with van der Waals surface area (Å²) in [6, 6.07) is 7.75. The summed E-state index contributed by atoms with van der Waals surface area (Å²) >= 11 is 0. The van der Waals surface area contributed by atoms with Crippen LogP contribution in [-0.4, -0.2) is 65.9 Å². The summed E-state index contributed by atoms with van der Waals surface area (Å²) < 4.78 is 17.3. The third-order valence-electron chi connectivity index (χ3n) is 3.15. The smallest absolute Gasteiger partial charge is 0.279 e. The Bertz CT molecular complexity index is 480. The van der Waals surface area contributed by atoms with Gasteiger partial charge in [0.15, 0.2) is 0 Å². The molecule has 1 aliphatic heterocycles. The Morgan fingerprint density at radius 3 is 2.30 bits per heavy atom. The van der Waals surface area contributed by atoms with Gasteiger partial charge in [-0.2, -0.15) is 0 Å². The first-order valence-electron chi connectivity index (χ1n) is 5.94. The van der Waals surface area contributed by atoms with Gasteiger partial charge in [-0.1, -0.05) is 18.2 Å². The molecule has 2 unspecified atom stereocenters. The van der Waals surface area contributed by atoms with E-state index in [2.05, 4.69) is 0 Å². The van der Waals surface area contributed by atoms with Crippen LogP contribution in [0, 0.1) is 0 Å². The van der Waals surface area contributed by atoms with Crippen molar-refractivity contribution < 1.29 is 34.5 Å². The molecule has 1 aromatic rings. The van der Waals surface area contributed by atoms with Gasteiger partial charge in [-0.15, -0.1) is 0 Å². The molecule has 112 valence electrons. The van der Waals surface area contributed by atoms with Crippen molar-refractivity contribution in [2.75, 3.05) is 6.61 Å². The van der Waals surface area contributed by atoms with E-state index in [4.69, 9.17) is 9.84 Å². The molecule has 1 saturated heterocycles. The van der Waals surface area contributed by atoms with Crippen molar-refractivity contribution in [1.82, 2.24) is 0 Å². The van der Waals surface area contributed by atoms with Gasteiger partial charge in [-0.3, -0.25) is 0 Å². The fourth-order valence-corrected chi connectivity index (χ4v) is 3.30. The van der Waals surface area contributed by atoms with E-state index in [9.17, 15) is 24.6 Å². The van der Waals surface area contributed by atoms with Crippen molar-refractivity contribution in [1.29, 1.82) is 0 Å². The minimum Gasteiger partial charge on any atom is -0.394 e. The highest BCUT2D eigenvalue weighted by molar-refractivity contribution is 7.86. The molecule has 6 atom stereocenters. The minimum absolute atomic E-state index is 0.175. The van der Waals surface area contributed by atoms with Crippen LogP contribution in [0.2, 0.25) is 0 Å². The minimum atomic E-state index is -2.62. The van der Waals surface area contributed by atoms with Crippen LogP contribution in [0.1, 0.15) is 0 Å². The van der Waals surface area contributed by atoms with Crippen molar-refractivity contribution >= 4 is 10.8 Å². The number of ether oxygens (including phenoxy) is 1. The van der Waals surface area contributed by atoms with Gasteiger partial charge >= 0.3 is 0 Å². The second-order valence-electron chi connectivity index (χ2n) is 4.48. The van der Waals surface area contributed by atoms with Gasteiger partial charge in [0.05, 0.1) is 6.61 Å². The third-order valence-corrected chi connectivity index (χ3v) is 4.72. The molecule has 0 amide bonds. The quantitative estimate of drug-likeness (QED) is 0.433. The Balaban J connectivity index is 2.34. The molecule has 1 heterocycles. The maximum atomic E-state index is 12.3. The molecule has 1 aliphatic rings. The van der Waals surface area contributed by atoms with E-state index in [1.165, 1.54) is 12.1 Å². The maximum absolute atomic E-state index is 12.3. The number of hydrogen-bond acceptors (Lipinski definition) is 7. The molecule has 2 rings (SSSR count). The molecular formula is C12H16O7S. The lowest BCUT2D eigenvalue weighted by Crippen LogP contribution is -2.66. The van der Waals surface area contributed by atoms with Gasteiger partial charge in [-0.05, 0) is 12.1 Å². The average Bonchev–Trinajstić information content (AvgIpc) is 2.49. The van der Waals surface area contributed by atoms with E-state index in [1.807, 2.05) is 0 Å². The van der Waals surface area contributed by atoms with Crippen LogP contribution in [0.5, 0.6) is 0 Å². The average molecular weight is 304 g/mol. The van der Waals surface area contributed by atoms with Crippen molar-refractivity contribution in [2.24, 2.45) is 0 Å². The number of benzene rings is 1. The molecule has 0 saturated carbocycles. The Kier molecular flexibility index (Phi) is 4.55. The van der Waals surface area contributed by atoms with Crippen LogP contribution in [-0.2, 0) is 15.5 Å². The molecule has 5 N–H and O–H groups in total. The molecular weight excluding hydrogens is 288 g/mol. The molecule has 20 heavy (non-hydrogen) atoms. The lowest BCUT2D eigenvalue weighted by atomic mass is 9.99. The molecule has 0 spiro atoms. The van der Waals surface area contributed by atoms with E-state index >= 15 is 0 Å². The second kappa shape index (κ2) is 5.86. The monoisotopic (exact) mass is 304 g/mol. The highest BCUT2D eigenvalue weighted by Gasteiger charge is 2.56. The van der Waals surface area contributed by atoms with Gasteiger partial charge in [0.25, 0.3) is 5.12 Å². The zero-order chi connectivity index (χ0) is 14.9. The first kappa shape index (κ1) is 15.5. The summed E-state index contributed by atoms with van der Waals surface area (Å²) in [7, 11) is -2.22. The first-order valence-corrected chi connectivity index (χ1v) is 7.09. The van der Waals surface area contributed by atoms with Crippen LogP contribution in [0.3, 0.4) is 0 Å². The normalized spacial score (nSPS) is 39.5. The zero-order valence-electron chi connectivity index (χ0n) is 10.4. The van der Waals surface area contributed by atoms with Crippen molar-refractivity contribution in [3.63, 3.8) is 0 Å². The second-order valence-corrected chi connectivity index (χ2v) is 6.07. The summed E-state index contributed by atoms with van der Waals surface area (Å²) in [6.07, 6.45) is -6.73. The number of aliphatic hydroxyl groups is 5. The molecule has 1 fully saturated rings. The van der Waals surface area contributed by atoms with Gasteiger partial charge in [0, 0.05) is 4.90 Å². The molecule has 0 aromatic heterocycles. The van der Waals surface area contributed by atoms with Crippen LogP contribution in [0.4, 0.5) is 0 Å². The Morgan fingerprint density at radius 1 is 1.15 bits per heavy atom. The summed E-state index contributed by atoms with van der Waals surface area (Å²) in [5, 5.41) is 45.9. The lowest BCUT2D eigenvalue weighted by molar-refractivity contribution is -0.307. The number of hydrogen-bond donors (Lipinski definition) is 5. The van der Waals surface area contributed by atoms with E-state index in [-0.39, 0.29) is 4.90 Å². The van der Waals surface area contributed by atoms with Crippen molar-refractivity contribution in [2.45, 2.75) is 34.4 Å². The summed E-state index contributed by atoms with van der Waals surface area (Å²) in [4.78, 5) is 0.175. The van der Waals surface area contributed by atoms with Gasteiger partial charge in [-0.25, -0.2) is 4.21 Å². The summed E-state index contributed by atoms with van der Waals surface area (Å²) in [5.74, 6) is 0. The van der Waals surface area contributed by atoms with Gasteiger partial charge < -0.3 is 30.3 Å². The fraction of sp³-hybridized carbons (Fsp3) is 0.500. The molecule has 0 radical (unpaired) electrons. The largest absolute Gasteiger partial charge is 0.394 e. The summed E-state index contributed by atoms with van der Waals surface area (Å²) in [6.45, 7) is -0.709. The van der Waals surface area contributed by atoms with Crippen LogP contribution < -0.4 is 0 Å². The lowest BCUT2D eigenvalue weighted by Gasteiger charge is -2.44. The molecule has 7 nitrogen and oxygen atoms in total.